The van der Waals surface area contributed by atoms with E-state index in [9.17, 15) is 98.6 Å². The Morgan fingerprint density at radius 3 is 0.858 bits per heavy atom. The average molecular weight is 2000 g/mol. The van der Waals surface area contributed by atoms with E-state index >= 15 is 0 Å². The highest BCUT2D eigenvalue weighted by atomic mass is 19.4. The number of nitrogens with one attached hydrogen (secondary N) is 15. The summed E-state index contributed by atoms with van der Waals surface area (Å²) in [7, 11) is 0. The third-order valence-corrected chi connectivity index (χ3v) is 21.4. The summed E-state index contributed by atoms with van der Waals surface area (Å²) in [5.41, 5.74) is -0.414. The van der Waals surface area contributed by atoms with Gasteiger partial charge in [0.25, 0.3) is 0 Å². The third kappa shape index (κ3) is 27.9. The average Bonchev–Trinajstić information content (AvgIpc) is 1.69. The first-order valence-corrected chi connectivity index (χ1v) is 42.5. The van der Waals surface area contributed by atoms with Crippen LogP contribution in [0.4, 0.5) is 104 Å². The summed E-state index contributed by atoms with van der Waals surface area (Å²) in [5.74, 6) is -4.31. The quantitative estimate of drug-likeness (QED) is 0.0203. The van der Waals surface area contributed by atoms with Crippen LogP contribution in [0, 0.1) is 17.6 Å². The van der Waals surface area contributed by atoms with Crippen molar-refractivity contribution in [1.82, 2.24) is 126 Å². The molecule has 0 aliphatic heterocycles. The molecule has 0 unspecified atom stereocenters. The number of aromatic nitrogens is 20. The molecule has 15 aromatic heterocycles. The van der Waals surface area contributed by atoms with E-state index in [1.807, 2.05) is 39.5 Å². The summed E-state index contributed by atoms with van der Waals surface area (Å²) in [6.07, 6.45) is 0.782. The standard InChI is InChI=1S/C19H21F3N6O.C18H18F4N6O.C18H19F3N6O.C17H16F4N6O.C17H17F3N6O.10H2/c1-11(2)18(3,17(29)26-10-19(20,21)22)28-14-6-8-24-16(27-14)13-9-25-15-12(13)5-4-7-23-15;1-3-17(2,16(29)26-9-18(20,21)22)28-15-12(19)8-25-14(27-15)11-7-24-13-10(11)5-4-6-23-13;1-3-17(2,16(28)25-10-18(19,20)21)27-13-6-8-23-15(26-13)12-9-24-14-11(12)5-4-7-22-14;1-16(2,15(28)25-8-17(19,20)21)27-14-11(18)7-24-13(26-14)10-6-23-12-9(10)4-3-5-22-12;1-16(2,15(27)24-9-17(18,19)20)26-12-5-7-22-14(25-12)11-8-23-13-10(11)4-3-6-21-13;;;;;;;;;;/h4-9,11H,10H2,1-3H3,(H,23,25)(H,26,29)(H,24,27,28);4-8H,3,9H2,1-2H3,(H,23,24)(H,26,29)(H,25,27,28);4-9H,3,10H2,1-2H3,(H,22,24)(H,25,28)(H,23,26,27);3-7H,8H2,1-2H3,(H,22,23)(H,25,28)(H,24,26,27);3-8H,9H2,1-2H3,(H,21,23)(H,24,27)(H,22,25,26);10*1H/t18-;2*17-;;;;;;;;;;;;/m001............/s1. The lowest BCUT2D eigenvalue weighted by Gasteiger charge is -2.34. The number of anilines is 5. The van der Waals surface area contributed by atoms with E-state index in [0.717, 1.165) is 45.2 Å². The van der Waals surface area contributed by atoms with Crippen LogP contribution in [0.3, 0.4) is 0 Å². The predicted molar refractivity (Wildman–Crippen MR) is 509 cm³/mol. The molecule has 0 fully saturated rings. The first-order valence-electron chi connectivity index (χ1n) is 42.5. The van der Waals surface area contributed by atoms with E-state index in [2.05, 4.69) is 126 Å². The van der Waals surface area contributed by atoms with E-state index in [1.165, 1.54) is 66.2 Å². The highest BCUT2D eigenvalue weighted by molar-refractivity contribution is 5.97. The largest absolute Gasteiger partial charge is 0.405 e. The smallest absolute Gasteiger partial charge is 0.356 e. The van der Waals surface area contributed by atoms with E-state index in [0.29, 0.717) is 85.1 Å². The maximum absolute atomic E-state index is 14.3. The maximum atomic E-state index is 14.3. The highest BCUT2D eigenvalue weighted by Crippen LogP contribution is 2.35. The number of amides is 5. The van der Waals surface area contributed by atoms with Crippen LogP contribution in [0.25, 0.3) is 112 Å². The predicted octanol–water partition coefficient (Wildman–Crippen LogP) is 18.6. The van der Waals surface area contributed by atoms with Gasteiger partial charge in [-0.05, 0) is 146 Å². The van der Waals surface area contributed by atoms with Gasteiger partial charge in [-0.1, -0.05) is 27.7 Å². The number of hydrogen-bond acceptors (Lipinski definition) is 25. The second-order valence-electron chi connectivity index (χ2n) is 33.2. The Kier molecular flexibility index (Phi) is 32.4. The van der Waals surface area contributed by atoms with Crippen LogP contribution < -0.4 is 53.2 Å². The van der Waals surface area contributed by atoms with Crippen molar-refractivity contribution in [3.63, 3.8) is 0 Å². The van der Waals surface area contributed by atoms with Gasteiger partial charge in [-0.3, -0.25) is 24.0 Å². The van der Waals surface area contributed by atoms with Crippen LogP contribution in [0.1, 0.15) is 103 Å². The van der Waals surface area contributed by atoms with Crippen molar-refractivity contribution in [3.8, 4) is 56.9 Å². The molecule has 0 aliphatic rings. The fourth-order valence-electron chi connectivity index (χ4n) is 13.1. The number of aromatic amines is 5. The molecule has 0 radical (unpaired) electrons. The van der Waals surface area contributed by atoms with Gasteiger partial charge in [0, 0.05) is 150 Å². The Hall–Kier alpha value is -16.0. The Morgan fingerprint density at radius 1 is 0.312 bits per heavy atom. The number of pyridine rings is 5. The molecule has 0 bridgehead atoms. The molecule has 0 aromatic carbocycles. The molecule has 0 saturated carbocycles. The van der Waals surface area contributed by atoms with Crippen molar-refractivity contribution in [1.29, 1.82) is 0 Å². The molecule has 5 amide bonds. The number of rotatable bonds is 28. The lowest BCUT2D eigenvalue weighted by Crippen LogP contribution is -2.55. The fraction of sp³-hybridized carbons (Fsp3) is 0.326. The van der Waals surface area contributed by atoms with E-state index in [1.54, 1.807) is 157 Å². The van der Waals surface area contributed by atoms with Crippen molar-refractivity contribution < 1.29 is 113 Å². The summed E-state index contributed by atoms with van der Waals surface area (Å²) in [5, 5.41) is 27.2. The summed E-state index contributed by atoms with van der Waals surface area (Å²) in [4.78, 5) is 139. The first kappa shape index (κ1) is 105. The van der Waals surface area contributed by atoms with Crippen LogP contribution in [-0.2, 0) is 24.0 Å². The van der Waals surface area contributed by atoms with Gasteiger partial charge < -0.3 is 78.1 Å². The molecule has 15 N–H and O–H groups in total. The first-order chi connectivity index (χ1) is 66.2. The molecule has 35 nitrogen and oxygen atoms in total. The number of nitrogens with zero attached hydrogens (tertiary/aromatic N) is 15. The van der Waals surface area contributed by atoms with Gasteiger partial charge in [0.1, 0.15) is 106 Å². The lowest BCUT2D eigenvalue weighted by molar-refractivity contribution is -0.141. The second kappa shape index (κ2) is 43.4. The number of carbonyl (C=O) groups excluding carboxylic acids is 5. The number of fused-ring (bicyclic) bond motifs is 5. The van der Waals surface area contributed by atoms with E-state index in [4.69, 9.17) is 0 Å². The van der Waals surface area contributed by atoms with Crippen molar-refractivity contribution in [3.05, 3.63) is 183 Å². The summed E-state index contributed by atoms with van der Waals surface area (Å²) >= 11 is 0. The molecule has 0 aliphatic carbocycles. The maximum Gasteiger partial charge on any atom is 0.405 e. The van der Waals surface area contributed by atoms with Gasteiger partial charge >= 0.3 is 30.9 Å². The van der Waals surface area contributed by atoms with Gasteiger partial charge in [0.15, 0.2) is 52.4 Å². The van der Waals surface area contributed by atoms with E-state index < -0.39 is 132 Å². The molecular formula is C89H111F17N30O5. The summed E-state index contributed by atoms with van der Waals surface area (Å²) in [6, 6.07) is 22.7. The fourth-order valence-corrected chi connectivity index (χ4v) is 13.1. The molecule has 15 rings (SSSR count). The number of hydrogen-bond donors (Lipinski definition) is 15. The number of halogens is 17. The normalized spacial score (nSPS) is 13.3. The van der Waals surface area contributed by atoms with Crippen molar-refractivity contribution in [2.45, 2.75) is 148 Å². The van der Waals surface area contributed by atoms with Gasteiger partial charge in [0.05, 0.1) is 12.4 Å². The van der Waals surface area contributed by atoms with Crippen LogP contribution in [0.15, 0.2) is 172 Å². The van der Waals surface area contributed by atoms with Crippen molar-refractivity contribution >= 4 is 114 Å². The SMILES string of the molecule is CC(C)(Nc1ccnc(-c2c[nH]c3ncccc23)n1)C(=O)NCC(F)(F)F.CC(C)(Nc1nc(-c2c[nH]c3ncccc23)ncc1F)C(=O)NCC(F)(F)F.CC(C)[C@](C)(Nc1ccnc(-c2c[nH]c3ncccc23)n1)C(=O)NCC(F)(F)F.CC[C@@](C)(Nc1ccnc(-c2c[nH]c3ncccc23)n1)C(=O)NCC(F)(F)F.CC[C@](C)(Nc1nc(-c2c[nH]c3ncccc23)ncc1F)C(=O)NCC(F)(F)F.[HH].[HH].[HH].[HH].[HH].[HH].[HH].[HH].[HH].[HH]. The van der Waals surface area contributed by atoms with Crippen molar-refractivity contribution in [2.24, 2.45) is 5.92 Å². The monoisotopic (exact) mass is 2000 g/mol. The molecule has 3 atom stereocenters. The highest BCUT2D eigenvalue weighted by Gasteiger charge is 2.43. The van der Waals surface area contributed by atoms with Gasteiger partial charge in [-0.25, -0.2) is 83.5 Å². The minimum Gasteiger partial charge on any atom is -0.356 e. The van der Waals surface area contributed by atoms with Gasteiger partial charge in [-0.15, -0.1) is 0 Å². The lowest BCUT2D eigenvalue weighted by atomic mass is 9.87. The number of H-pyrrole nitrogens is 5. The summed E-state index contributed by atoms with van der Waals surface area (Å²) < 4.78 is 214. The Balaban J connectivity index is 0.000000929. The Morgan fingerprint density at radius 2 is 0.567 bits per heavy atom. The Labute approximate surface area is 803 Å². The molecule has 52 heteroatoms. The third-order valence-electron chi connectivity index (χ3n) is 21.4. The van der Waals surface area contributed by atoms with Crippen LogP contribution >= 0.6 is 0 Å². The zero-order valence-corrected chi connectivity index (χ0v) is 76.4. The zero-order valence-electron chi connectivity index (χ0n) is 76.4. The van der Waals surface area contributed by atoms with Gasteiger partial charge in [0.2, 0.25) is 29.5 Å². The zero-order chi connectivity index (χ0) is 103. The van der Waals surface area contributed by atoms with Crippen LogP contribution in [0.2, 0.25) is 0 Å². The number of carbonyl (C=O) groups is 5. The van der Waals surface area contributed by atoms with Gasteiger partial charge in [-0.2, -0.15) is 65.9 Å². The van der Waals surface area contributed by atoms with Crippen molar-refractivity contribution in [2.75, 3.05) is 59.3 Å². The Bertz CT molecular complexity index is 6950. The molecule has 0 saturated heterocycles. The van der Waals surface area contributed by atoms with Crippen LogP contribution in [-0.4, -0.2) is 221 Å². The number of alkyl halides is 15. The minimum atomic E-state index is -4.55. The van der Waals surface area contributed by atoms with E-state index in [-0.39, 0.29) is 56.3 Å². The summed E-state index contributed by atoms with van der Waals surface area (Å²) in [6.45, 7) is 9.63. The molecular weight excluding hydrogens is 1890 g/mol. The second-order valence-corrected chi connectivity index (χ2v) is 33.2. The molecule has 141 heavy (non-hydrogen) atoms. The molecule has 0 spiro atoms. The topological polar surface area (TPSA) is 478 Å². The van der Waals surface area contributed by atoms with Crippen LogP contribution in [0.5, 0.6) is 0 Å². The minimum absolute atomic E-state index is 0. The molecule has 15 aromatic rings. The molecule has 766 valence electrons. The molecule has 15 heterocycles.